The van der Waals surface area contributed by atoms with E-state index in [1.54, 1.807) is 13.3 Å². The first-order valence-electron chi connectivity index (χ1n) is 5.60. The Morgan fingerprint density at radius 2 is 2.35 bits per heavy atom. The molecule has 2 rings (SSSR count). The molecule has 0 unspecified atom stereocenters. The van der Waals surface area contributed by atoms with Crippen molar-refractivity contribution in [2.24, 2.45) is 0 Å². The summed E-state index contributed by atoms with van der Waals surface area (Å²) in [6, 6.07) is 6.06. The number of hydrogen-bond donors (Lipinski definition) is 2. The second-order valence-corrected chi connectivity index (χ2v) is 3.91. The molecule has 0 bridgehead atoms. The Kier molecular flexibility index (Phi) is 3.90. The van der Waals surface area contributed by atoms with Crippen LogP contribution in [0, 0.1) is 0 Å². The van der Waals surface area contributed by atoms with Gasteiger partial charge < -0.3 is 15.0 Å². The van der Waals surface area contributed by atoms with E-state index < -0.39 is 0 Å². The largest absolute Gasteiger partial charge is 0.383 e. The molecule has 0 aliphatic carbocycles. The summed E-state index contributed by atoms with van der Waals surface area (Å²) in [5, 5.41) is 4.25. The van der Waals surface area contributed by atoms with Gasteiger partial charge in [-0.1, -0.05) is 12.1 Å². The molecule has 0 radical (unpaired) electrons. The Morgan fingerprint density at radius 1 is 1.47 bits per heavy atom. The lowest BCUT2D eigenvalue weighted by Gasteiger charge is -2.04. The van der Waals surface area contributed by atoms with Gasteiger partial charge in [-0.25, -0.2) is 0 Å². The van der Waals surface area contributed by atoms with Gasteiger partial charge in [0.2, 0.25) is 0 Å². The van der Waals surface area contributed by atoms with Crippen LogP contribution in [0.15, 0.2) is 24.4 Å². The number of aromatic nitrogens is 1. The molecule has 0 saturated heterocycles. The number of carbonyl (C=O) groups is 1. The Bertz CT molecular complexity index is 505. The molecule has 0 aliphatic rings. The third kappa shape index (κ3) is 2.72. The van der Waals surface area contributed by atoms with Gasteiger partial charge >= 0.3 is 0 Å². The molecule has 4 heteroatoms. The lowest BCUT2D eigenvalue weighted by atomic mass is 10.1. The summed E-state index contributed by atoms with van der Waals surface area (Å²) in [4.78, 5) is 13.9. The summed E-state index contributed by atoms with van der Waals surface area (Å²) in [7, 11) is 1.69. The van der Waals surface area contributed by atoms with E-state index in [0.29, 0.717) is 12.2 Å². The smallest absolute Gasteiger partial charge is 0.152 e. The summed E-state index contributed by atoms with van der Waals surface area (Å²) in [6.07, 6.45) is 2.61. The summed E-state index contributed by atoms with van der Waals surface area (Å²) in [5.41, 5.74) is 2.89. The molecule has 0 atom stereocenters. The Morgan fingerprint density at radius 3 is 3.12 bits per heavy atom. The van der Waals surface area contributed by atoms with Crippen LogP contribution in [0.3, 0.4) is 0 Å². The van der Waals surface area contributed by atoms with Gasteiger partial charge in [0.25, 0.3) is 0 Å². The fraction of sp³-hybridized carbons (Fsp3) is 0.308. The second kappa shape index (κ2) is 5.61. The van der Waals surface area contributed by atoms with Crippen molar-refractivity contribution in [2.75, 3.05) is 20.3 Å². The first-order valence-corrected chi connectivity index (χ1v) is 5.60. The van der Waals surface area contributed by atoms with Crippen molar-refractivity contribution in [3.8, 4) is 0 Å². The van der Waals surface area contributed by atoms with Gasteiger partial charge in [0.15, 0.2) is 6.29 Å². The standard InChI is InChI=1S/C13H16N2O2/c1-17-5-4-14-7-10-2-3-12-11(9-16)8-15-13(12)6-10/h2-3,6,8-9,14-15H,4-5,7H2,1H3. The van der Waals surface area contributed by atoms with Crippen molar-refractivity contribution in [3.05, 3.63) is 35.5 Å². The van der Waals surface area contributed by atoms with E-state index in [1.807, 2.05) is 12.1 Å². The quantitative estimate of drug-likeness (QED) is 0.589. The number of hydrogen-bond acceptors (Lipinski definition) is 3. The number of ether oxygens (including phenoxy) is 1. The van der Waals surface area contributed by atoms with E-state index in [9.17, 15) is 4.79 Å². The molecule has 0 saturated carbocycles. The summed E-state index contributed by atoms with van der Waals surface area (Å²) in [6.45, 7) is 2.34. The third-order valence-corrected chi connectivity index (χ3v) is 2.72. The van der Waals surface area contributed by atoms with Gasteiger partial charge in [-0.05, 0) is 11.6 Å². The van der Waals surface area contributed by atoms with Crippen LogP contribution in [-0.4, -0.2) is 31.5 Å². The molecule has 0 fully saturated rings. The molecule has 1 aromatic carbocycles. The number of rotatable bonds is 6. The molecule has 2 N–H and O–H groups in total. The van der Waals surface area contributed by atoms with Crippen molar-refractivity contribution in [2.45, 2.75) is 6.54 Å². The predicted molar refractivity (Wildman–Crippen MR) is 67.3 cm³/mol. The van der Waals surface area contributed by atoms with E-state index in [4.69, 9.17) is 4.74 Å². The number of carbonyl (C=O) groups excluding carboxylic acids is 1. The number of aromatic amines is 1. The van der Waals surface area contributed by atoms with Gasteiger partial charge in [0.1, 0.15) is 0 Å². The van der Waals surface area contributed by atoms with E-state index in [-0.39, 0.29) is 0 Å². The molecule has 4 nitrogen and oxygen atoms in total. The maximum absolute atomic E-state index is 10.8. The average molecular weight is 232 g/mol. The molecule has 2 aromatic rings. The molecule has 1 aromatic heterocycles. The van der Waals surface area contributed by atoms with E-state index in [0.717, 1.165) is 30.3 Å². The number of benzene rings is 1. The summed E-state index contributed by atoms with van der Waals surface area (Å²) in [5.74, 6) is 0. The molecule has 90 valence electrons. The first kappa shape index (κ1) is 11.8. The maximum Gasteiger partial charge on any atom is 0.152 e. The summed E-state index contributed by atoms with van der Waals surface area (Å²) < 4.78 is 4.96. The minimum atomic E-state index is 0.707. The lowest BCUT2D eigenvalue weighted by Crippen LogP contribution is -2.18. The molecular weight excluding hydrogens is 216 g/mol. The predicted octanol–water partition coefficient (Wildman–Crippen LogP) is 1.72. The SMILES string of the molecule is COCCNCc1ccc2c(C=O)c[nH]c2c1. The minimum absolute atomic E-state index is 0.707. The zero-order chi connectivity index (χ0) is 12.1. The second-order valence-electron chi connectivity index (χ2n) is 3.91. The number of nitrogens with one attached hydrogen (secondary N) is 2. The number of methoxy groups -OCH3 is 1. The monoisotopic (exact) mass is 232 g/mol. The van der Waals surface area contributed by atoms with Crippen LogP contribution >= 0.6 is 0 Å². The molecule has 0 aliphatic heterocycles. The van der Waals surface area contributed by atoms with Crippen LogP contribution in [0.1, 0.15) is 15.9 Å². The average Bonchev–Trinajstić information content (AvgIpc) is 2.77. The van der Waals surface area contributed by atoms with Crippen LogP contribution in [0.25, 0.3) is 10.9 Å². The highest BCUT2D eigenvalue weighted by Gasteiger charge is 2.02. The zero-order valence-corrected chi connectivity index (χ0v) is 9.82. The normalized spacial score (nSPS) is 10.9. The van der Waals surface area contributed by atoms with Crippen LogP contribution < -0.4 is 5.32 Å². The fourth-order valence-electron chi connectivity index (χ4n) is 1.81. The Labute approximate surface area is 100.0 Å². The zero-order valence-electron chi connectivity index (χ0n) is 9.82. The number of H-pyrrole nitrogens is 1. The van der Waals surface area contributed by atoms with Gasteiger partial charge in [-0.15, -0.1) is 0 Å². The van der Waals surface area contributed by atoms with Crippen LogP contribution in [0.4, 0.5) is 0 Å². The van der Waals surface area contributed by atoms with Crippen LogP contribution in [0.2, 0.25) is 0 Å². The third-order valence-electron chi connectivity index (χ3n) is 2.72. The number of aldehydes is 1. The van der Waals surface area contributed by atoms with Gasteiger partial charge in [-0.3, -0.25) is 4.79 Å². The van der Waals surface area contributed by atoms with Gasteiger partial charge in [0, 0.05) is 42.9 Å². The lowest BCUT2D eigenvalue weighted by molar-refractivity contribution is 0.112. The number of fused-ring (bicyclic) bond motifs is 1. The van der Waals surface area contributed by atoms with E-state index in [2.05, 4.69) is 16.4 Å². The first-order chi connectivity index (χ1) is 8.35. The van der Waals surface area contributed by atoms with Crippen molar-refractivity contribution >= 4 is 17.2 Å². The highest BCUT2D eigenvalue weighted by atomic mass is 16.5. The minimum Gasteiger partial charge on any atom is -0.383 e. The van der Waals surface area contributed by atoms with Crippen molar-refractivity contribution in [1.82, 2.24) is 10.3 Å². The molecule has 1 heterocycles. The molecule has 0 spiro atoms. The maximum atomic E-state index is 10.8. The topological polar surface area (TPSA) is 54.1 Å². The molecular formula is C13H16N2O2. The van der Waals surface area contributed by atoms with Crippen LogP contribution in [0.5, 0.6) is 0 Å². The van der Waals surface area contributed by atoms with Crippen molar-refractivity contribution < 1.29 is 9.53 Å². The van der Waals surface area contributed by atoms with Gasteiger partial charge in [0.05, 0.1) is 6.61 Å². The highest BCUT2D eigenvalue weighted by molar-refractivity contribution is 5.97. The Hall–Kier alpha value is -1.65. The Balaban J connectivity index is 2.07. The van der Waals surface area contributed by atoms with Gasteiger partial charge in [-0.2, -0.15) is 0 Å². The summed E-state index contributed by atoms with van der Waals surface area (Å²) >= 11 is 0. The fourth-order valence-corrected chi connectivity index (χ4v) is 1.81. The van der Waals surface area contributed by atoms with E-state index in [1.165, 1.54) is 5.56 Å². The molecule has 0 amide bonds. The van der Waals surface area contributed by atoms with Crippen molar-refractivity contribution in [3.63, 3.8) is 0 Å². The molecule has 17 heavy (non-hydrogen) atoms. The van der Waals surface area contributed by atoms with Crippen molar-refractivity contribution in [1.29, 1.82) is 0 Å². The van der Waals surface area contributed by atoms with Crippen LogP contribution in [-0.2, 0) is 11.3 Å². The van der Waals surface area contributed by atoms with E-state index >= 15 is 0 Å². The highest BCUT2D eigenvalue weighted by Crippen LogP contribution is 2.18.